The van der Waals surface area contributed by atoms with Crippen molar-refractivity contribution in [1.82, 2.24) is 9.97 Å². The number of amides is 1. The number of nitrogens with two attached hydrogens (primary N) is 2. The van der Waals surface area contributed by atoms with E-state index in [1.54, 1.807) is 18.5 Å². The molecule has 4 rings (SSSR count). The van der Waals surface area contributed by atoms with E-state index < -0.39 is 0 Å². The Balaban J connectivity index is 1.64. The van der Waals surface area contributed by atoms with Gasteiger partial charge in [0.15, 0.2) is 5.69 Å². The highest BCUT2D eigenvalue weighted by molar-refractivity contribution is 6.09. The molecule has 7 nitrogen and oxygen atoms in total. The normalized spacial score (nSPS) is 16.8. The van der Waals surface area contributed by atoms with Crippen molar-refractivity contribution in [2.45, 2.75) is 38.6 Å². The smallest absolute Gasteiger partial charge is 0.276 e. The summed E-state index contributed by atoms with van der Waals surface area (Å²) in [5, 5.41) is 3.87. The van der Waals surface area contributed by atoms with Gasteiger partial charge in [-0.05, 0) is 42.5 Å². The van der Waals surface area contributed by atoms with Gasteiger partial charge >= 0.3 is 0 Å². The van der Waals surface area contributed by atoms with Crippen molar-refractivity contribution in [2.24, 2.45) is 5.73 Å². The molecule has 0 radical (unpaired) electrons. The van der Waals surface area contributed by atoms with E-state index >= 15 is 0 Å². The number of carbonyl (C=O) groups is 1. The molecule has 0 aliphatic carbocycles. The Labute approximate surface area is 176 Å². The molecule has 0 spiro atoms. The van der Waals surface area contributed by atoms with Crippen molar-refractivity contribution >= 4 is 33.9 Å². The van der Waals surface area contributed by atoms with Crippen LogP contribution >= 0.6 is 0 Å². The van der Waals surface area contributed by atoms with Crippen LogP contribution in [-0.2, 0) is 0 Å². The minimum Gasteiger partial charge on any atom is -0.397 e. The fraction of sp³-hybridized carbons (Fsp3) is 0.348. The molecule has 3 aromatic rings. The summed E-state index contributed by atoms with van der Waals surface area (Å²) in [7, 11) is 0. The third-order valence-electron chi connectivity index (χ3n) is 5.60. The van der Waals surface area contributed by atoms with Crippen molar-refractivity contribution in [1.29, 1.82) is 0 Å². The lowest BCUT2D eigenvalue weighted by Crippen LogP contribution is -2.43. The van der Waals surface area contributed by atoms with Crippen LogP contribution in [-0.4, -0.2) is 35.0 Å². The summed E-state index contributed by atoms with van der Waals surface area (Å²) in [6.07, 6.45) is 5.41. The van der Waals surface area contributed by atoms with Gasteiger partial charge in [0.05, 0.1) is 28.8 Å². The van der Waals surface area contributed by atoms with Gasteiger partial charge in [0.25, 0.3) is 5.91 Å². The van der Waals surface area contributed by atoms with Crippen LogP contribution in [0.4, 0.5) is 17.1 Å². The minimum atomic E-state index is -0.347. The van der Waals surface area contributed by atoms with Crippen molar-refractivity contribution in [2.75, 3.05) is 29.0 Å². The molecule has 1 fully saturated rings. The quantitative estimate of drug-likeness (QED) is 0.614. The van der Waals surface area contributed by atoms with Gasteiger partial charge in [-0.1, -0.05) is 26.0 Å². The topological polar surface area (TPSA) is 110 Å². The number of hydrogen-bond acceptors (Lipinski definition) is 6. The van der Waals surface area contributed by atoms with E-state index in [-0.39, 0.29) is 17.6 Å². The van der Waals surface area contributed by atoms with Crippen molar-refractivity contribution < 1.29 is 4.79 Å². The molecule has 1 atom stereocenters. The van der Waals surface area contributed by atoms with Crippen LogP contribution in [0.15, 0.2) is 42.7 Å². The second-order valence-electron chi connectivity index (χ2n) is 8.23. The lowest BCUT2D eigenvalue weighted by Gasteiger charge is -2.33. The molecule has 1 amide bonds. The summed E-state index contributed by atoms with van der Waals surface area (Å²) < 4.78 is 0. The molecule has 156 valence electrons. The van der Waals surface area contributed by atoms with E-state index in [9.17, 15) is 4.79 Å². The molecule has 1 aliphatic rings. The highest BCUT2D eigenvalue weighted by Gasteiger charge is 2.21. The number of rotatable bonds is 4. The molecule has 30 heavy (non-hydrogen) atoms. The largest absolute Gasteiger partial charge is 0.397 e. The first-order chi connectivity index (χ1) is 14.4. The highest BCUT2D eigenvalue weighted by Crippen LogP contribution is 2.29. The maximum atomic E-state index is 13.1. The zero-order chi connectivity index (χ0) is 21.3. The van der Waals surface area contributed by atoms with Gasteiger partial charge in [0, 0.05) is 30.7 Å². The SMILES string of the molecule is CC(C)c1ccc2cc(N)c(C(=O)Nc3cnccc3N3CCCC(N)C3)nc2c1. The number of aromatic nitrogens is 2. The number of nitrogens with zero attached hydrogens (tertiary/aromatic N) is 3. The van der Waals surface area contributed by atoms with E-state index in [4.69, 9.17) is 11.5 Å². The Morgan fingerprint density at radius 1 is 1.27 bits per heavy atom. The van der Waals surface area contributed by atoms with E-state index in [0.29, 0.717) is 17.3 Å². The van der Waals surface area contributed by atoms with Crippen LogP contribution in [0.5, 0.6) is 0 Å². The number of anilines is 3. The van der Waals surface area contributed by atoms with Crippen molar-refractivity contribution in [3.05, 3.63) is 54.0 Å². The van der Waals surface area contributed by atoms with Crippen LogP contribution in [0.2, 0.25) is 0 Å². The summed E-state index contributed by atoms with van der Waals surface area (Å²) in [5.74, 6) is 0.0276. The minimum absolute atomic E-state index is 0.128. The third kappa shape index (κ3) is 4.07. The Bertz CT molecular complexity index is 1080. The molecule has 2 aromatic heterocycles. The molecule has 7 heteroatoms. The number of nitrogen functional groups attached to an aromatic ring is 1. The van der Waals surface area contributed by atoms with Gasteiger partial charge in [-0.2, -0.15) is 0 Å². The average molecular weight is 405 g/mol. The van der Waals surface area contributed by atoms with E-state index in [0.717, 1.165) is 42.5 Å². The second-order valence-corrected chi connectivity index (χ2v) is 8.23. The number of hydrogen-bond donors (Lipinski definition) is 3. The monoisotopic (exact) mass is 404 g/mol. The van der Waals surface area contributed by atoms with Gasteiger partial charge in [-0.25, -0.2) is 4.98 Å². The standard InChI is InChI=1S/C23H28N6O/c1-14(2)15-5-6-16-10-18(25)22(27-19(16)11-15)23(30)28-20-12-26-8-7-21(20)29-9-3-4-17(24)13-29/h5-8,10-12,14,17H,3-4,9,13,24-25H2,1-2H3,(H,28,30). The van der Waals surface area contributed by atoms with Crippen molar-refractivity contribution in [3.8, 4) is 0 Å². The third-order valence-corrected chi connectivity index (χ3v) is 5.60. The van der Waals surface area contributed by atoms with Crippen LogP contribution in [0.25, 0.3) is 10.9 Å². The number of fused-ring (bicyclic) bond motifs is 1. The summed E-state index contributed by atoms with van der Waals surface area (Å²) >= 11 is 0. The van der Waals surface area contributed by atoms with E-state index in [1.165, 1.54) is 5.56 Å². The second kappa shape index (κ2) is 8.28. The molecule has 0 bridgehead atoms. The lowest BCUT2D eigenvalue weighted by atomic mass is 10.0. The zero-order valence-electron chi connectivity index (χ0n) is 17.4. The number of carbonyl (C=O) groups excluding carboxylic acids is 1. The van der Waals surface area contributed by atoms with Gasteiger partial charge in [-0.15, -0.1) is 0 Å². The van der Waals surface area contributed by atoms with Gasteiger partial charge in [-0.3, -0.25) is 9.78 Å². The molecule has 0 saturated carbocycles. The van der Waals surface area contributed by atoms with Crippen LogP contribution in [0.3, 0.4) is 0 Å². The lowest BCUT2D eigenvalue weighted by molar-refractivity contribution is 0.102. The summed E-state index contributed by atoms with van der Waals surface area (Å²) in [4.78, 5) is 24.0. The Kier molecular flexibility index (Phi) is 5.55. The van der Waals surface area contributed by atoms with Gasteiger partial charge in [0.1, 0.15) is 0 Å². The molecule has 1 unspecified atom stereocenters. The van der Waals surface area contributed by atoms with Crippen LogP contribution < -0.4 is 21.7 Å². The molecule has 1 saturated heterocycles. The first kappa shape index (κ1) is 20.1. The maximum absolute atomic E-state index is 13.1. The fourth-order valence-corrected chi connectivity index (χ4v) is 3.91. The number of pyridine rings is 2. The Hall–Kier alpha value is -3.19. The van der Waals surface area contributed by atoms with Crippen LogP contribution in [0.1, 0.15) is 48.7 Å². The molecule has 1 aliphatic heterocycles. The predicted molar refractivity (Wildman–Crippen MR) is 122 cm³/mol. The van der Waals surface area contributed by atoms with Crippen LogP contribution in [0, 0.1) is 0 Å². The molecular weight excluding hydrogens is 376 g/mol. The summed E-state index contributed by atoms with van der Waals surface area (Å²) in [6.45, 7) is 5.90. The Morgan fingerprint density at radius 2 is 2.10 bits per heavy atom. The molecule has 3 heterocycles. The van der Waals surface area contributed by atoms with Gasteiger partial charge in [0.2, 0.25) is 0 Å². The molecular formula is C23H28N6O. The zero-order valence-corrected chi connectivity index (χ0v) is 17.4. The summed E-state index contributed by atoms with van der Waals surface area (Å²) in [5.41, 5.74) is 16.4. The summed E-state index contributed by atoms with van der Waals surface area (Å²) in [6, 6.07) is 9.91. The average Bonchev–Trinajstić information content (AvgIpc) is 2.73. The van der Waals surface area contributed by atoms with E-state index in [2.05, 4.69) is 40.1 Å². The number of benzene rings is 1. The molecule has 1 aromatic carbocycles. The first-order valence-electron chi connectivity index (χ1n) is 10.4. The Morgan fingerprint density at radius 3 is 2.87 bits per heavy atom. The van der Waals surface area contributed by atoms with Gasteiger partial charge < -0.3 is 21.7 Å². The fourth-order valence-electron chi connectivity index (χ4n) is 3.91. The predicted octanol–water partition coefficient (Wildman–Crippen LogP) is 3.52. The van der Waals surface area contributed by atoms with E-state index in [1.807, 2.05) is 18.2 Å². The highest BCUT2D eigenvalue weighted by atomic mass is 16.1. The first-order valence-corrected chi connectivity index (χ1v) is 10.4. The molecule has 5 N–H and O–H groups in total. The van der Waals surface area contributed by atoms with Crippen molar-refractivity contribution in [3.63, 3.8) is 0 Å². The number of piperidine rings is 1. The maximum Gasteiger partial charge on any atom is 0.276 e. The number of nitrogens with one attached hydrogen (secondary N) is 1.